The monoisotopic (exact) mass is 458 g/mol. The van der Waals surface area contributed by atoms with E-state index in [-0.39, 0.29) is 11.3 Å². The Bertz CT molecular complexity index is 1360. The number of para-hydroxylation sites is 1. The highest BCUT2D eigenvalue weighted by molar-refractivity contribution is 6.31. The largest absolute Gasteiger partial charge is 0.418 e. The van der Waals surface area contributed by atoms with Gasteiger partial charge in [0.1, 0.15) is 0 Å². The molecule has 2 heterocycles. The van der Waals surface area contributed by atoms with Gasteiger partial charge in [-0.1, -0.05) is 29.8 Å². The molecule has 5 nitrogen and oxygen atoms in total. The molecule has 0 spiro atoms. The predicted molar refractivity (Wildman–Crippen MR) is 117 cm³/mol. The summed E-state index contributed by atoms with van der Waals surface area (Å²) < 4.78 is 41.7. The van der Waals surface area contributed by atoms with Crippen LogP contribution in [-0.4, -0.2) is 20.7 Å². The van der Waals surface area contributed by atoms with Gasteiger partial charge in [0.15, 0.2) is 5.65 Å². The van der Waals surface area contributed by atoms with Crippen LogP contribution < -0.4 is 5.32 Å². The lowest BCUT2D eigenvalue weighted by molar-refractivity contribution is -0.136. The molecular weight excluding hydrogens is 441 g/mol. The molecule has 1 N–H and O–H groups in total. The van der Waals surface area contributed by atoms with E-state index in [1.54, 1.807) is 30.7 Å². The van der Waals surface area contributed by atoms with Crippen molar-refractivity contribution in [1.82, 2.24) is 14.8 Å². The second-order valence-corrected chi connectivity index (χ2v) is 7.80. The number of alkyl halides is 3. The molecule has 0 saturated heterocycles. The van der Waals surface area contributed by atoms with Crippen molar-refractivity contribution >= 4 is 34.2 Å². The number of halogens is 4. The summed E-state index contributed by atoms with van der Waals surface area (Å²) in [5, 5.41) is 7.96. The maximum Gasteiger partial charge on any atom is 0.418 e. The Balaban J connectivity index is 1.86. The van der Waals surface area contributed by atoms with Crippen LogP contribution in [0.15, 0.2) is 48.5 Å². The number of carbonyl (C=O) groups excluding carboxylic acids is 1. The predicted octanol–water partition coefficient (Wildman–Crippen LogP) is 6.27. The Morgan fingerprint density at radius 3 is 2.50 bits per heavy atom. The summed E-state index contributed by atoms with van der Waals surface area (Å²) in [6.45, 7) is 5.27. The summed E-state index contributed by atoms with van der Waals surface area (Å²) in [4.78, 5) is 17.7. The molecule has 0 atom stereocenters. The molecule has 0 unspecified atom stereocenters. The standard InChI is InChI=1S/C23H18ClF3N4O/c1-12-11-15(22(32)29-18-9-5-4-7-16(18)23(25,26)27)20-14(3)30-31(21(20)28-12)19-10-6-8-17(24)13(19)2/h4-11H,1-3H3,(H,29,32). The zero-order valence-corrected chi connectivity index (χ0v) is 18.1. The van der Waals surface area contributed by atoms with Crippen molar-refractivity contribution in [2.45, 2.75) is 26.9 Å². The summed E-state index contributed by atoms with van der Waals surface area (Å²) in [6, 6.07) is 11.8. The SMILES string of the molecule is Cc1cc(C(=O)Nc2ccccc2C(F)(F)F)c2c(C)nn(-c3cccc(Cl)c3C)c2n1. The van der Waals surface area contributed by atoms with Crippen molar-refractivity contribution in [3.8, 4) is 5.69 Å². The van der Waals surface area contributed by atoms with E-state index >= 15 is 0 Å². The first-order valence-electron chi connectivity index (χ1n) is 9.68. The minimum absolute atomic E-state index is 0.188. The van der Waals surface area contributed by atoms with Gasteiger partial charge < -0.3 is 5.32 Å². The summed E-state index contributed by atoms with van der Waals surface area (Å²) in [5.74, 6) is -0.678. The van der Waals surface area contributed by atoms with Crippen LogP contribution in [0.3, 0.4) is 0 Å². The number of hydrogen-bond acceptors (Lipinski definition) is 3. The number of nitrogens with zero attached hydrogens (tertiary/aromatic N) is 3. The fourth-order valence-electron chi connectivity index (χ4n) is 3.62. The average Bonchev–Trinajstić information content (AvgIpc) is 3.05. The van der Waals surface area contributed by atoms with Gasteiger partial charge in [-0.15, -0.1) is 0 Å². The minimum atomic E-state index is -4.60. The Morgan fingerprint density at radius 2 is 1.78 bits per heavy atom. The van der Waals surface area contributed by atoms with E-state index < -0.39 is 17.6 Å². The third-order valence-corrected chi connectivity index (χ3v) is 5.54. The highest BCUT2D eigenvalue weighted by atomic mass is 35.5. The summed E-state index contributed by atoms with van der Waals surface area (Å²) >= 11 is 6.26. The Morgan fingerprint density at radius 1 is 1.06 bits per heavy atom. The molecule has 0 saturated carbocycles. The van der Waals surface area contributed by atoms with Gasteiger partial charge in [0.05, 0.1) is 33.6 Å². The van der Waals surface area contributed by atoms with Crippen molar-refractivity contribution in [3.05, 3.63) is 81.6 Å². The number of amides is 1. The first-order chi connectivity index (χ1) is 15.1. The van der Waals surface area contributed by atoms with Crippen molar-refractivity contribution in [1.29, 1.82) is 0 Å². The van der Waals surface area contributed by atoms with E-state index in [4.69, 9.17) is 11.6 Å². The third-order valence-electron chi connectivity index (χ3n) is 5.13. The number of carbonyl (C=O) groups is 1. The number of pyridine rings is 1. The van der Waals surface area contributed by atoms with E-state index in [1.807, 2.05) is 13.0 Å². The molecule has 2 aromatic heterocycles. The fraction of sp³-hybridized carbons (Fsp3) is 0.174. The zero-order valence-electron chi connectivity index (χ0n) is 17.4. The molecule has 4 rings (SSSR count). The number of aromatic nitrogens is 3. The zero-order chi connectivity index (χ0) is 23.2. The van der Waals surface area contributed by atoms with E-state index in [1.165, 1.54) is 24.3 Å². The van der Waals surface area contributed by atoms with Gasteiger partial charge in [-0.2, -0.15) is 18.3 Å². The van der Waals surface area contributed by atoms with Gasteiger partial charge in [-0.3, -0.25) is 4.79 Å². The molecule has 0 aliphatic heterocycles. The van der Waals surface area contributed by atoms with Crippen LogP contribution in [-0.2, 0) is 6.18 Å². The second-order valence-electron chi connectivity index (χ2n) is 7.39. The molecule has 9 heteroatoms. The minimum Gasteiger partial charge on any atom is -0.321 e. The quantitative estimate of drug-likeness (QED) is 0.393. The highest BCUT2D eigenvalue weighted by Gasteiger charge is 2.34. The summed E-state index contributed by atoms with van der Waals surface area (Å²) in [6.07, 6.45) is -4.60. The average molecular weight is 459 g/mol. The lowest BCUT2D eigenvalue weighted by atomic mass is 10.1. The number of benzene rings is 2. The van der Waals surface area contributed by atoms with Gasteiger partial charge in [0, 0.05) is 10.7 Å². The number of fused-ring (bicyclic) bond motifs is 1. The molecule has 164 valence electrons. The molecule has 0 aliphatic rings. The van der Waals surface area contributed by atoms with Crippen LogP contribution in [0.25, 0.3) is 16.7 Å². The van der Waals surface area contributed by atoms with Gasteiger partial charge in [0.25, 0.3) is 5.91 Å². The molecule has 0 fully saturated rings. The number of aryl methyl sites for hydroxylation is 2. The molecule has 0 bridgehead atoms. The maximum atomic E-state index is 13.4. The Labute approximate surface area is 186 Å². The van der Waals surface area contributed by atoms with Gasteiger partial charge in [0.2, 0.25) is 0 Å². The smallest absolute Gasteiger partial charge is 0.321 e. The number of hydrogen-bond donors (Lipinski definition) is 1. The normalized spacial score (nSPS) is 11.7. The van der Waals surface area contributed by atoms with Crippen LogP contribution in [0, 0.1) is 20.8 Å². The lowest BCUT2D eigenvalue weighted by Crippen LogP contribution is -2.17. The first kappa shape index (κ1) is 21.8. The van der Waals surface area contributed by atoms with Gasteiger partial charge >= 0.3 is 6.18 Å². The number of anilines is 1. The number of rotatable bonds is 3. The molecule has 32 heavy (non-hydrogen) atoms. The van der Waals surface area contributed by atoms with Gasteiger partial charge in [-0.25, -0.2) is 9.67 Å². The topological polar surface area (TPSA) is 59.8 Å². The van der Waals surface area contributed by atoms with Crippen LogP contribution in [0.5, 0.6) is 0 Å². The highest BCUT2D eigenvalue weighted by Crippen LogP contribution is 2.35. The number of nitrogens with one attached hydrogen (secondary N) is 1. The third kappa shape index (κ3) is 3.82. The first-order valence-corrected chi connectivity index (χ1v) is 10.1. The Hall–Kier alpha value is -3.39. The fourth-order valence-corrected chi connectivity index (χ4v) is 3.79. The van der Waals surface area contributed by atoms with Crippen molar-refractivity contribution in [2.75, 3.05) is 5.32 Å². The molecule has 4 aromatic rings. The summed E-state index contributed by atoms with van der Waals surface area (Å²) in [7, 11) is 0. The maximum absolute atomic E-state index is 13.4. The second kappa shape index (κ2) is 7.94. The van der Waals surface area contributed by atoms with Crippen LogP contribution in [0.2, 0.25) is 5.02 Å². The summed E-state index contributed by atoms with van der Waals surface area (Å²) in [5.41, 5.74) is 1.89. The Kier molecular flexibility index (Phi) is 5.42. The van der Waals surface area contributed by atoms with E-state index in [9.17, 15) is 18.0 Å². The molecule has 0 aliphatic carbocycles. The lowest BCUT2D eigenvalue weighted by Gasteiger charge is -2.14. The molecule has 1 amide bonds. The van der Waals surface area contributed by atoms with E-state index in [2.05, 4.69) is 15.4 Å². The molecule has 0 radical (unpaired) electrons. The van der Waals surface area contributed by atoms with Crippen molar-refractivity contribution in [3.63, 3.8) is 0 Å². The van der Waals surface area contributed by atoms with Crippen molar-refractivity contribution < 1.29 is 18.0 Å². The van der Waals surface area contributed by atoms with Crippen LogP contribution >= 0.6 is 11.6 Å². The van der Waals surface area contributed by atoms with Crippen molar-refractivity contribution in [2.24, 2.45) is 0 Å². The van der Waals surface area contributed by atoms with Gasteiger partial charge in [-0.05, 0) is 56.7 Å². The van der Waals surface area contributed by atoms with Crippen LogP contribution in [0.1, 0.15) is 32.9 Å². The van der Waals surface area contributed by atoms with E-state index in [0.717, 1.165) is 11.6 Å². The molecule has 2 aromatic carbocycles. The molecular formula is C23H18ClF3N4O. The van der Waals surface area contributed by atoms with E-state index in [0.29, 0.717) is 33.1 Å². The van der Waals surface area contributed by atoms with Crippen LogP contribution in [0.4, 0.5) is 18.9 Å².